The fourth-order valence-corrected chi connectivity index (χ4v) is 3.91. The van der Waals surface area contributed by atoms with Crippen LogP contribution in [0.4, 0.5) is 15.8 Å². The molecule has 4 aromatic rings. The first-order chi connectivity index (χ1) is 14.6. The number of aromatic amines is 1. The zero-order valence-corrected chi connectivity index (χ0v) is 16.5. The highest BCUT2D eigenvalue weighted by atomic mass is 19.1. The van der Waals surface area contributed by atoms with Crippen LogP contribution in [0.25, 0.3) is 17.0 Å². The van der Waals surface area contributed by atoms with E-state index in [-0.39, 0.29) is 11.7 Å². The Morgan fingerprint density at radius 3 is 3.00 bits per heavy atom. The number of halogens is 1. The van der Waals surface area contributed by atoms with Crippen molar-refractivity contribution in [2.24, 2.45) is 0 Å². The van der Waals surface area contributed by atoms with Crippen molar-refractivity contribution in [3.63, 3.8) is 0 Å². The molecule has 0 radical (unpaired) electrons. The standard InChI is InChI=1S/C22H20FN5O2/c1-12-7-9-28-16(11-25-17(28)10-12)19-20(18-14(26-19)6-8-24-22(18)29)27-15-5-3-4-13(23)21(15)30-2/h3-5,7,9-11,26-27H,6,8H2,1-2H3,(H,24,29). The Kier molecular flexibility index (Phi) is 4.20. The Hall–Kier alpha value is -3.81. The Morgan fingerprint density at radius 1 is 1.30 bits per heavy atom. The lowest BCUT2D eigenvalue weighted by Crippen LogP contribution is -2.31. The number of aryl methyl sites for hydroxylation is 1. The molecule has 1 aromatic carbocycles. The molecule has 0 fully saturated rings. The second-order valence-corrected chi connectivity index (χ2v) is 7.26. The van der Waals surface area contributed by atoms with Crippen molar-refractivity contribution in [1.29, 1.82) is 0 Å². The van der Waals surface area contributed by atoms with Gasteiger partial charge in [-0.15, -0.1) is 0 Å². The summed E-state index contributed by atoms with van der Waals surface area (Å²) in [4.78, 5) is 20.6. The van der Waals surface area contributed by atoms with Gasteiger partial charge in [0.15, 0.2) is 11.6 Å². The molecular weight excluding hydrogens is 385 g/mol. The highest BCUT2D eigenvalue weighted by molar-refractivity contribution is 6.06. The van der Waals surface area contributed by atoms with Crippen LogP contribution < -0.4 is 15.4 Å². The monoisotopic (exact) mass is 405 g/mol. The molecule has 0 saturated carbocycles. The molecule has 4 heterocycles. The van der Waals surface area contributed by atoms with Gasteiger partial charge in [0, 0.05) is 24.9 Å². The molecule has 1 aliphatic heterocycles. The van der Waals surface area contributed by atoms with E-state index < -0.39 is 5.82 Å². The van der Waals surface area contributed by atoms with Gasteiger partial charge in [-0.1, -0.05) is 6.07 Å². The van der Waals surface area contributed by atoms with Gasteiger partial charge in [-0.05, 0) is 36.8 Å². The van der Waals surface area contributed by atoms with E-state index in [0.29, 0.717) is 35.6 Å². The molecule has 0 atom stereocenters. The smallest absolute Gasteiger partial charge is 0.255 e. The molecule has 5 rings (SSSR count). The highest BCUT2D eigenvalue weighted by Crippen LogP contribution is 2.39. The summed E-state index contributed by atoms with van der Waals surface area (Å²) >= 11 is 0. The van der Waals surface area contributed by atoms with Crippen LogP contribution in [0, 0.1) is 12.7 Å². The topological polar surface area (TPSA) is 83.5 Å². The molecule has 3 aromatic heterocycles. The molecule has 0 unspecified atom stereocenters. The number of H-pyrrole nitrogens is 1. The second-order valence-electron chi connectivity index (χ2n) is 7.26. The highest BCUT2D eigenvalue weighted by Gasteiger charge is 2.28. The summed E-state index contributed by atoms with van der Waals surface area (Å²) in [6.07, 6.45) is 4.38. The number of pyridine rings is 1. The summed E-state index contributed by atoms with van der Waals surface area (Å²) in [7, 11) is 1.41. The Balaban J connectivity index is 1.73. The molecular formula is C22H20FN5O2. The van der Waals surface area contributed by atoms with E-state index in [1.807, 2.05) is 29.7 Å². The van der Waals surface area contributed by atoms with E-state index in [1.165, 1.54) is 13.2 Å². The van der Waals surface area contributed by atoms with Gasteiger partial charge in [0.25, 0.3) is 5.91 Å². The van der Waals surface area contributed by atoms with Gasteiger partial charge in [-0.2, -0.15) is 0 Å². The fraction of sp³-hybridized carbons (Fsp3) is 0.182. The minimum atomic E-state index is -0.483. The summed E-state index contributed by atoms with van der Waals surface area (Å²) in [5.41, 5.74) is 5.75. The van der Waals surface area contributed by atoms with E-state index in [4.69, 9.17) is 4.74 Å². The number of rotatable bonds is 4. The maximum atomic E-state index is 14.2. The molecule has 1 amide bonds. The van der Waals surface area contributed by atoms with Crippen LogP contribution in [0.3, 0.4) is 0 Å². The maximum absolute atomic E-state index is 14.2. The summed E-state index contributed by atoms with van der Waals surface area (Å²) in [6.45, 7) is 2.57. The van der Waals surface area contributed by atoms with Crippen LogP contribution in [0.2, 0.25) is 0 Å². The van der Waals surface area contributed by atoms with Crippen molar-refractivity contribution in [2.45, 2.75) is 13.3 Å². The van der Waals surface area contributed by atoms with Gasteiger partial charge in [0.1, 0.15) is 5.65 Å². The van der Waals surface area contributed by atoms with E-state index in [1.54, 1.807) is 18.3 Å². The molecule has 0 bridgehead atoms. The van der Waals surface area contributed by atoms with E-state index in [2.05, 4.69) is 20.6 Å². The lowest BCUT2D eigenvalue weighted by Gasteiger charge is -2.16. The number of anilines is 2. The number of fused-ring (bicyclic) bond motifs is 2. The number of amides is 1. The van der Waals surface area contributed by atoms with Gasteiger partial charge in [-0.25, -0.2) is 9.37 Å². The van der Waals surface area contributed by atoms with Gasteiger partial charge in [0.05, 0.1) is 41.6 Å². The number of nitrogens with zero attached hydrogens (tertiary/aromatic N) is 2. The van der Waals surface area contributed by atoms with Gasteiger partial charge < -0.3 is 20.4 Å². The number of hydrogen-bond acceptors (Lipinski definition) is 4. The van der Waals surface area contributed by atoms with Crippen LogP contribution >= 0.6 is 0 Å². The van der Waals surface area contributed by atoms with Crippen molar-refractivity contribution >= 4 is 22.9 Å². The average Bonchev–Trinajstić information content (AvgIpc) is 3.30. The van der Waals surface area contributed by atoms with Crippen LogP contribution in [0.1, 0.15) is 21.6 Å². The third-order valence-corrected chi connectivity index (χ3v) is 5.32. The Morgan fingerprint density at radius 2 is 2.17 bits per heavy atom. The molecule has 30 heavy (non-hydrogen) atoms. The fourth-order valence-electron chi connectivity index (χ4n) is 3.91. The maximum Gasteiger partial charge on any atom is 0.255 e. The lowest BCUT2D eigenvalue weighted by atomic mass is 10.1. The summed E-state index contributed by atoms with van der Waals surface area (Å²) in [6, 6.07) is 8.62. The second kappa shape index (κ2) is 6.91. The van der Waals surface area contributed by atoms with Crippen molar-refractivity contribution < 1.29 is 13.9 Å². The van der Waals surface area contributed by atoms with Gasteiger partial charge in [-0.3, -0.25) is 9.20 Å². The summed E-state index contributed by atoms with van der Waals surface area (Å²) in [5.74, 6) is -0.576. The molecule has 1 aliphatic rings. The predicted molar refractivity (Wildman–Crippen MR) is 112 cm³/mol. The van der Waals surface area contributed by atoms with E-state index >= 15 is 0 Å². The quantitative estimate of drug-likeness (QED) is 0.482. The Bertz CT molecular complexity index is 1290. The van der Waals surface area contributed by atoms with Crippen LogP contribution in [-0.4, -0.2) is 33.9 Å². The molecule has 0 spiro atoms. The Labute approximate surface area is 171 Å². The van der Waals surface area contributed by atoms with Crippen molar-refractivity contribution in [1.82, 2.24) is 19.7 Å². The largest absolute Gasteiger partial charge is 0.492 e. The van der Waals surface area contributed by atoms with E-state index in [0.717, 1.165) is 22.6 Å². The molecule has 3 N–H and O–H groups in total. The number of imidazole rings is 1. The number of aromatic nitrogens is 3. The number of nitrogens with one attached hydrogen (secondary N) is 3. The minimum Gasteiger partial charge on any atom is -0.492 e. The number of para-hydroxylation sites is 1. The van der Waals surface area contributed by atoms with E-state index in [9.17, 15) is 9.18 Å². The molecule has 8 heteroatoms. The predicted octanol–water partition coefficient (Wildman–Crippen LogP) is 3.82. The number of ether oxygens (including phenoxy) is 1. The molecule has 0 aliphatic carbocycles. The molecule has 7 nitrogen and oxygen atoms in total. The average molecular weight is 405 g/mol. The normalized spacial score (nSPS) is 13.2. The number of hydrogen-bond donors (Lipinski definition) is 3. The first kappa shape index (κ1) is 18.2. The van der Waals surface area contributed by atoms with Crippen LogP contribution in [-0.2, 0) is 6.42 Å². The van der Waals surface area contributed by atoms with Crippen molar-refractivity contribution in [3.8, 4) is 17.1 Å². The first-order valence-electron chi connectivity index (χ1n) is 9.63. The molecule has 152 valence electrons. The van der Waals surface area contributed by atoms with Crippen molar-refractivity contribution in [2.75, 3.05) is 19.0 Å². The third-order valence-electron chi connectivity index (χ3n) is 5.32. The van der Waals surface area contributed by atoms with Crippen LogP contribution in [0.15, 0.2) is 42.7 Å². The van der Waals surface area contributed by atoms with Gasteiger partial charge in [0.2, 0.25) is 0 Å². The molecule has 0 saturated heterocycles. The summed E-state index contributed by atoms with van der Waals surface area (Å²) < 4.78 is 21.4. The number of carbonyl (C=O) groups is 1. The number of benzene rings is 1. The SMILES string of the molecule is COc1c(F)cccc1Nc1c(-c2cnc3cc(C)ccn23)[nH]c2c1C(=O)NCC2. The zero-order chi connectivity index (χ0) is 20.8. The number of carbonyl (C=O) groups excluding carboxylic acids is 1. The first-order valence-corrected chi connectivity index (χ1v) is 9.63. The minimum absolute atomic E-state index is 0.0865. The number of methoxy groups -OCH3 is 1. The zero-order valence-electron chi connectivity index (χ0n) is 16.5. The summed E-state index contributed by atoms with van der Waals surface area (Å²) in [5, 5.41) is 6.12. The van der Waals surface area contributed by atoms with Crippen LogP contribution in [0.5, 0.6) is 5.75 Å². The lowest BCUT2D eigenvalue weighted by molar-refractivity contribution is 0.0947. The van der Waals surface area contributed by atoms with Gasteiger partial charge >= 0.3 is 0 Å². The third kappa shape index (κ3) is 2.80. The van der Waals surface area contributed by atoms with Crippen molar-refractivity contribution in [3.05, 3.63) is 65.4 Å².